The Hall–Kier alpha value is -2.56. The van der Waals surface area contributed by atoms with Gasteiger partial charge in [-0.05, 0) is 31.9 Å². The summed E-state index contributed by atoms with van der Waals surface area (Å²) in [6, 6.07) is 3.30. The molecule has 1 N–H and O–H groups in total. The SMILES string of the molecule is CC(Oc1ncn(-c2ccc(OC(F)(F)C(F)F)cc2Cl)n1)C(=O)NC1CC1. The van der Waals surface area contributed by atoms with Crippen molar-refractivity contribution in [1.82, 2.24) is 20.1 Å². The number of amides is 1. The first kappa shape index (κ1) is 20.2. The Morgan fingerprint density at radius 3 is 2.71 bits per heavy atom. The third-order valence-corrected chi connectivity index (χ3v) is 4.02. The van der Waals surface area contributed by atoms with Gasteiger partial charge in [-0.1, -0.05) is 11.6 Å². The van der Waals surface area contributed by atoms with Crippen LogP contribution in [0.25, 0.3) is 5.69 Å². The fraction of sp³-hybridized carbons (Fsp3) is 0.438. The van der Waals surface area contributed by atoms with Crippen molar-refractivity contribution in [3.8, 4) is 17.4 Å². The Kier molecular flexibility index (Phi) is 5.64. The standard InChI is InChI=1S/C16H15ClF4N4O3/c1-8(13(26)23-9-2-3-9)27-15-22-7-25(24-15)12-5-4-10(6-11(12)17)28-16(20,21)14(18)19/h4-9,14H,2-3H2,1H3,(H,23,26). The molecule has 0 bridgehead atoms. The lowest BCUT2D eigenvalue weighted by Crippen LogP contribution is -2.37. The largest absolute Gasteiger partial charge is 0.461 e. The molecule has 1 aromatic heterocycles. The number of rotatable bonds is 8. The smallest absolute Gasteiger partial charge is 0.449 e. The van der Waals surface area contributed by atoms with Crippen molar-refractivity contribution in [3.05, 3.63) is 29.5 Å². The Morgan fingerprint density at radius 2 is 2.11 bits per heavy atom. The van der Waals surface area contributed by atoms with Crippen molar-refractivity contribution < 1.29 is 31.8 Å². The summed E-state index contributed by atoms with van der Waals surface area (Å²) < 4.78 is 60.9. The van der Waals surface area contributed by atoms with Crippen molar-refractivity contribution in [2.75, 3.05) is 0 Å². The molecule has 1 saturated carbocycles. The number of nitrogens with zero attached hydrogens (tertiary/aromatic N) is 3. The molecule has 1 amide bonds. The number of carbonyl (C=O) groups is 1. The zero-order valence-electron chi connectivity index (χ0n) is 14.4. The summed E-state index contributed by atoms with van der Waals surface area (Å²) in [5.41, 5.74) is 0.215. The molecule has 2 aromatic rings. The molecule has 1 unspecified atom stereocenters. The number of ether oxygens (including phenoxy) is 2. The molecule has 0 radical (unpaired) electrons. The van der Waals surface area contributed by atoms with Crippen LogP contribution in [0.15, 0.2) is 24.5 Å². The second-order valence-electron chi connectivity index (χ2n) is 6.09. The van der Waals surface area contributed by atoms with E-state index in [2.05, 4.69) is 20.1 Å². The van der Waals surface area contributed by atoms with E-state index in [-0.39, 0.29) is 28.7 Å². The van der Waals surface area contributed by atoms with Gasteiger partial charge in [0.1, 0.15) is 12.1 Å². The van der Waals surface area contributed by atoms with E-state index in [0.29, 0.717) is 0 Å². The van der Waals surface area contributed by atoms with Gasteiger partial charge in [-0.3, -0.25) is 4.79 Å². The average molecular weight is 423 g/mol. The summed E-state index contributed by atoms with van der Waals surface area (Å²) in [6.45, 7) is 1.54. The van der Waals surface area contributed by atoms with Gasteiger partial charge < -0.3 is 14.8 Å². The quantitative estimate of drug-likeness (QED) is 0.661. The number of alkyl halides is 4. The van der Waals surface area contributed by atoms with Crippen molar-refractivity contribution in [3.63, 3.8) is 0 Å². The molecule has 0 spiro atoms. The van der Waals surface area contributed by atoms with E-state index >= 15 is 0 Å². The normalized spacial score (nSPS) is 15.4. The van der Waals surface area contributed by atoms with E-state index in [4.69, 9.17) is 16.3 Å². The molecule has 1 aromatic carbocycles. The molecule has 1 fully saturated rings. The summed E-state index contributed by atoms with van der Waals surface area (Å²) in [5, 5.41) is 6.68. The summed E-state index contributed by atoms with van der Waals surface area (Å²) in [4.78, 5) is 15.8. The van der Waals surface area contributed by atoms with Crippen LogP contribution in [0.3, 0.4) is 0 Å². The predicted molar refractivity (Wildman–Crippen MR) is 89.2 cm³/mol. The Bertz CT molecular complexity index is 860. The minimum absolute atomic E-state index is 0.0981. The van der Waals surface area contributed by atoms with E-state index < -0.39 is 24.4 Å². The topological polar surface area (TPSA) is 78.3 Å². The highest BCUT2D eigenvalue weighted by molar-refractivity contribution is 6.32. The molecule has 0 aliphatic heterocycles. The number of benzene rings is 1. The molecule has 1 aliphatic carbocycles. The molecule has 1 atom stereocenters. The summed E-state index contributed by atoms with van der Waals surface area (Å²) in [7, 11) is 0. The molecule has 152 valence electrons. The highest BCUT2D eigenvalue weighted by Crippen LogP contribution is 2.31. The maximum atomic E-state index is 13.0. The minimum Gasteiger partial charge on any atom is -0.449 e. The fourth-order valence-electron chi connectivity index (χ4n) is 2.11. The van der Waals surface area contributed by atoms with Crippen LogP contribution in [0.4, 0.5) is 17.6 Å². The summed E-state index contributed by atoms with van der Waals surface area (Å²) in [6.07, 6.45) is -6.34. The second-order valence-corrected chi connectivity index (χ2v) is 6.50. The van der Waals surface area contributed by atoms with Crippen LogP contribution in [0.2, 0.25) is 5.02 Å². The maximum absolute atomic E-state index is 13.0. The van der Waals surface area contributed by atoms with Gasteiger partial charge in [-0.25, -0.2) is 4.68 Å². The van der Waals surface area contributed by atoms with Gasteiger partial charge in [0.25, 0.3) is 5.91 Å². The Morgan fingerprint density at radius 1 is 1.39 bits per heavy atom. The molecule has 1 aliphatic rings. The number of nitrogens with one attached hydrogen (secondary N) is 1. The minimum atomic E-state index is -4.64. The first-order valence-electron chi connectivity index (χ1n) is 8.19. The first-order valence-corrected chi connectivity index (χ1v) is 8.57. The maximum Gasteiger partial charge on any atom is 0.461 e. The van der Waals surface area contributed by atoms with Crippen LogP contribution >= 0.6 is 11.6 Å². The predicted octanol–water partition coefficient (Wildman–Crippen LogP) is 3.20. The number of carbonyl (C=O) groups excluding carboxylic acids is 1. The fourth-order valence-corrected chi connectivity index (χ4v) is 2.37. The zero-order chi connectivity index (χ0) is 20.5. The van der Waals surface area contributed by atoms with Gasteiger partial charge >= 0.3 is 18.5 Å². The number of halogens is 5. The van der Waals surface area contributed by atoms with Gasteiger partial charge in [0, 0.05) is 12.1 Å². The van der Waals surface area contributed by atoms with Crippen molar-refractivity contribution >= 4 is 17.5 Å². The van der Waals surface area contributed by atoms with Crippen LogP contribution in [0.5, 0.6) is 11.8 Å². The van der Waals surface area contributed by atoms with Gasteiger partial charge in [-0.15, -0.1) is 5.10 Å². The van der Waals surface area contributed by atoms with Crippen LogP contribution in [0.1, 0.15) is 19.8 Å². The Balaban J connectivity index is 1.67. The van der Waals surface area contributed by atoms with Crippen molar-refractivity contribution in [1.29, 1.82) is 0 Å². The molecular weight excluding hydrogens is 408 g/mol. The lowest BCUT2D eigenvalue weighted by molar-refractivity contribution is -0.253. The average Bonchev–Trinajstić information content (AvgIpc) is 3.30. The van der Waals surface area contributed by atoms with E-state index in [9.17, 15) is 22.4 Å². The summed E-state index contributed by atoms with van der Waals surface area (Å²) >= 11 is 6.00. The lowest BCUT2D eigenvalue weighted by Gasteiger charge is -2.17. The van der Waals surface area contributed by atoms with Crippen LogP contribution in [-0.4, -0.2) is 45.4 Å². The van der Waals surface area contributed by atoms with Gasteiger partial charge in [-0.2, -0.15) is 22.5 Å². The highest BCUT2D eigenvalue weighted by atomic mass is 35.5. The van der Waals surface area contributed by atoms with Gasteiger partial charge in [0.2, 0.25) is 0 Å². The molecule has 3 rings (SSSR count). The summed E-state index contributed by atoms with van der Waals surface area (Å²) in [5.74, 6) is -0.834. The molecular formula is C16H15ClF4N4O3. The second kappa shape index (κ2) is 7.82. The first-order chi connectivity index (χ1) is 13.2. The monoisotopic (exact) mass is 422 g/mol. The molecule has 28 heavy (non-hydrogen) atoms. The van der Waals surface area contributed by atoms with Crippen molar-refractivity contribution in [2.45, 2.75) is 44.4 Å². The number of hydrogen-bond acceptors (Lipinski definition) is 5. The van der Waals surface area contributed by atoms with E-state index in [0.717, 1.165) is 25.0 Å². The Labute approximate surface area is 161 Å². The number of aromatic nitrogens is 3. The highest BCUT2D eigenvalue weighted by Gasteiger charge is 2.44. The van der Waals surface area contributed by atoms with Gasteiger partial charge in [0.05, 0.1) is 10.7 Å². The molecule has 7 nitrogen and oxygen atoms in total. The van der Waals surface area contributed by atoms with E-state index in [1.165, 1.54) is 17.1 Å². The van der Waals surface area contributed by atoms with Crippen LogP contribution in [-0.2, 0) is 4.79 Å². The van der Waals surface area contributed by atoms with Crippen LogP contribution in [0, 0.1) is 0 Å². The van der Waals surface area contributed by atoms with Crippen LogP contribution < -0.4 is 14.8 Å². The molecule has 0 saturated heterocycles. The number of hydrogen-bond donors (Lipinski definition) is 1. The van der Waals surface area contributed by atoms with E-state index in [1.54, 1.807) is 6.92 Å². The third kappa shape index (κ3) is 4.83. The molecule has 12 heteroatoms. The lowest BCUT2D eigenvalue weighted by atomic mass is 10.3. The van der Waals surface area contributed by atoms with Gasteiger partial charge in [0.15, 0.2) is 6.10 Å². The molecule has 1 heterocycles. The zero-order valence-corrected chi connectivity index (χ0v) is 15.2. The van der Waals surface area contributed by atoms with Crippen molar-refractivity contribution in [2.24, 2.45) is 0 Å². The third-order valence-electron chi connectivity index (χ3n) is 3.72. The van der Waals surface area contributed by atoms with E-state index in [1.807, 2.05) is 0 Å².